The van der Waals surface area contributed by atoms with E-state index in [-0.39, 0.29) is 0 Å². The summed E-state index contributed by atoms with van der Waals surface area (Å²) in [7, 11) is 1.50. The van der Waals surface area contributed by atoms with E-state index in [1.807, 2.05) is 17.5 Å². The molecular formula is C15H8N4O3. The number of nitrogens with one attached hydrogen (secondary N) is 1. The molecule has 1 aromatic rings. The molecule has 2 atom stereocenters. The van der Waals surface area contributed by atoms with Crippen molar-refractivity contribution in [2.24, 2.45) is 10.8 Å². The fraction of sp³-hybridized carbons (Fsp3) is 0.267. The Bertz CT molecular complexity index is 855. The van der Waals surface area contributed by atoms with Crippen LogP contribution in [0.3, 0.4) is 0 Å². The van der Waals surface area contributed by atoms with E-state index >= 15 is 0 Å². The van der Waals surface area contributed by atoms with Crippen LogP contribution >= 0.6 is 0 Å². The monoisotopic (exact) mass is 292 g/mol. The molecule has 0 bridgehead atoms. The van der Waals surface area contributed by atoms with Gasteiger partial charge in [-0.3, -0.25) is 19.7 Å². The van der Waals surface area contributed by atoms with Crippen LogP contribution in [0.25, 0.3) is 0 Å². The van der Waals surface area contributed by atoms with E-state index in [2.05, 4.69) is 0 Å². The number of carbonyl (C=O) groups excluding carboxylic acids is 3. The molecule has 3 amide bonds. The summed E-state index contributed by atoms with van der Waals surface area (Å²) in [4.78, 5) is 38.7. The van der Waals surface area contributed by atoms with E-state index in [0.717, 1.165) is 0 Å². The van der Waals surface area contributed by atoms with Crippen LogP contribution in [0.5, 0.6) is 0 Å². The van der Waals surface area contributed by atoms with Gasteiger partial charge in [0.25, 0.3) is 11.8 Å². The van der Waals surface area contributed by atoms with Crippen molar-refractivity contribution >= 4 is 23.4 Å². The van der Waals surface area contributed by atoms with Gasteiger partial charge in [0.15, 0.2) is 10.8 Å². The van der Waals surface area contributed by atoms with Gasteiger partial charge in [0.1, 0.15) is 5.41 Å². The summed E-state index contributed by atoms with van der Waals surface area (Å²) in [5, 5.41) is 21.3. The Balaban J connectivity index is 2.16. The van der Waals surface area contributed by atoms with Crippen LogP contribution in [0.15, 0.2) is 24.3 Å². The molecule has 0 radical (unpaired) electrons. The molecule has 1 saturated heterocycles. The van der Waals surface area contributed by atoms with Crippen molar-refractivity contribution in [3.05, 3.63) is 29.8 Å². The highest BCUT2D eigenvalue weighted by Crippen LogP contribution is 2.83. The van der Waals surface area contributed by atoms with Gasteiger partial charge in [0.05, 0.1) is 12.1 Å². The van der Waals surface area contributed by atoms with Crippen LogP contribution in [0.1, 0.15) is 5.56 Å². The molecule has 2 fully saturated rings. The molecule has 2 aliphatic heterocycles. The minimum Gasteiger partial charge on any atom is -0.314 e. The number of para-hydroxylation sites is 1. The maximum absolute atomic E-state index is 12.9. The molecule has 1 N–H and O–H groups in total. The highest BCUT2D eigenvalue weighted by atomic mass is 16.2. The number of likely N-dealkylation sites (N-methyl/N-ethyl adjacent to an activating group) is 1. The van der Waals surface area contributed by atoms with Crippen molar-refractivity contribution in [1.82, 2.24) is 5.32 Å². The molecule has 22 heavy (non-hydrogen) atoms. The van der Waals surface area contributed by atoms with Crippen molar-refractivity contribution < 1.29 is 14.4 Å². The third-order valence-electron chi connectivity index (χ3n) is 5.16. The number of amides is 3. The highest BCUT2D eigenvalue weighted by molar-refractivity contribution is 6.31. The lowest BCUT2D eigenvalue weighted by Gasteiger charge is -2.16. The molecule has 4 rings (SSSR count). The fourth-order valence-corrected chi connectivity index (χ4v) is 4.26. The number of nitrogens with zero attached hydrogens (tertiary/aromatic N) is 3. The molecule has 2 heterocycles. The molecule has 1 spiro atoms. The Hall–Kier alpha value is -3.19. The lowest BCUT2D eigenvalue weighted by atomic mass is 9.84. The number of fused-ring (bicyclic) bond motifs is 5. The number of benzene rings is 1. The van der Waals surface area contributed by atoms with Crippen LogP contribution in [0.2, 0.25) is 0 Å². The lowest BCUT2D eigenvalue weighted by Crippen LogP contribution is -2.44. The number of imide groups is 1. The first-order chi connectivity index (χ1) is 10.5. The zero-order chi connectivity index (χ0) is 15.9. The summed E-state index contributed by atoms with van der Waals surface area (Å²) >= 11 is 0. The number of hydrogen-bond donors (Lipinski definition) is 1. The van der Waals surface area contributed by atoms with Crippen LogP contribution in [-0.2, 0) is 19.8 Å². The molecule has 1 saturated carbocycles. The summed E-state index contributed by atoms with van der Waals surface area (Å²) in [6.07, 6.45) is 0. The van der Waals surface area contributed by atoms with Gasteiger partial charge in [0.2, 0.25) is 5.91 Å². The Morgan fingerprint density at radius 3 is 2.14 bits per heavy atom. The molecule has 7 nitrogen and oxygen atoms in total. The quantitative estimate of drug-likeness (QED) is 0.653. The van der Waals surface area contributed by atoms with Crippen LogP contribution in [0.4, 0.5) is 5.69 Å². The second-order valence-corrected chi connectivity index (χ2v) is 5.64. The van der Waals surface area contributed by atoms with E-state index in [0.29, 0.717) is 11.3 Å². The molecule has 1 aliphatic carbocycles. The molecule has 0 aromatic heterocycles. The predicted octanol–water partition coefficient (Wildman–Crippen LogP) is -0.409. The Morgan fingerprint density at radius 2 is 1.59 bits per heavy atom. The summed E-state index contributed by atoms with van der Waals surface area (Å²) in [6, 6.07) is 10.2. The van der Waals surface area contributed by atoms with Crippen LogP contribution < -0.4 is 10.2 Å². The summed E-state index contributed by atoms with van der Waals surface area (Å²) in [5.74, 6) is -2.32. The van der Waals surface area contributed by atoms with Gasteiger partial charge in [0, 0.05) is 12.7 Å². The Morgan fingerprint density at radius 1 is 1.05 bits per heavy atom. The third-order valence-corrected chi connectivity index (χ3v) is 5.16. The molecule has 1 aromatic carbocycles. The van der Waals surface area contributed by atoms with Gasteiger partial charge < -0.3 is 4.90 Å². The summed E-state index contributed by atoms with van der Waals surface area (Å²) in [5.41, 5.74) is -4.84. The smallest absolute Gasteiger partial charge is 0.250 e. The third kappa shape index (κ3) is 0.751. The second kappa shape index (κ2) is 3.18. The fourth-order valence-electron chi connectivity index (χ4n) is 4.26. The largest absolute Gasteiger partial charge is 0.314 e. The van der Waals surface area contributed by atoms with Crippen molar-refractivity contribution in [3.8, 4) is 12.1 Å². The SMILES string of the molecule is CN1C(=O)C2(c3ccccc31)[C@@]1(C#N)C(=O)NC(=O)[C@]21C#N. The maximum Gasteiger partial charge on any atom is 0.250 e. The molecular weight excluding hydrogens is 284 g/mol. The van der Waals surface area contributed by atoms with Crippen LogP contribution in [-0.4, -0.2) is 24.8 Å². The number of nitriles is 2. The van der Waals surface area contributed by atoms with Gasteiger partial charge in [-0.2, -0.15) is 10.5 Å². The standard InChI is InChI=1S/C15H8N4O3/c1-19-9-5-3-2-4-8(9)15(12(19)22)13(6-16)10(20)18-11(21)14(13,15)7-17/h2-5H,1H3,(H,18,20,21)/t13-,14-/m0/s1. The first-order valence-electron chi connectivity index (χ1n) is 6.53. The summed E-state index contributed by atoms with van der Waals surface area (Å²) in [6.45, 7) is 0. The second-order valence-electron chi connectivity index (χ2n) is 5.64. The van der Waals surface area contributed by atoms with E-state index in [9.17, 15) is 24.9 Å². The van der Waals surface area contributed by atoms with Crippen molar-refractivity contribution in [2.45, 2.75) is 5.41 Å². The molecule has 106 valence electrons. The summed E-state index contributed by atoms with van der Waals surface area (Å²) < 4.78 is 0. The minimum atomic E-state index is -2.00. The minimum absolute atomic E-state index is 0.383. The number of carbonyl (C=O) groups is 3. The predicted molar refractivity (Wildman–Crippen MR) is 70.8 cm³/mol. The topological polar surface area (TPSA) is 114 Å². The van der Waals surface area contributed by atoms with Crippen molar-refractivity contribution in [2.75, 3.05) is 11.9 Å². The number of anilines is 1. The number of rotatable bonds is 0. The maximum atomic E-state index is 12.9. The normalized spacial score (nSPS) is 37.4. The van der Waals surface area contributed by atoms with E-state index < -0.39 is 34.0 Å². The van der Waals surface area contributed by atoms with Crippen molar-refractivity contribution in [1.29, 1.82) is 10.5 Å². The molecule has 7 heteroatoms. The van der Waals surface area contributed by atoms with Gasteiger partial charge in [-0.1, -0.05) is 18.2 Å². The van der Waals surface area contributed by atoms with Gasteiger partial charge in [-0.05, 0) is 11.6 Å². The van der Waals surface area contributed by atoms with Gasteiger partial charge in [-0.25, -0.2) is 0 Å². The zero-order valence-electron chi connectivity index (χ0n) is 11.4. The zero-order valence-corrected chi connectivity index (χ0v) is 11.4. The first kappa shape index (κ1) is 12.5. The van der Waals surface area contributed by atoms with Gasteiger partial charge in [-0.15, -0.1) is 0 Å². The van der Waals surface area contributed by atoms with E-state index in [1.54, 1.807) is 24.3 Å². The Labute approximate surface area is 124 Å². The van der Waals surface area contributed by atoms with Crippen molar-refractivity contribution in [3.63, 3.8) is 0 Å². The van der Waals surface area contributed by atoms with E-state index in [1.165, 1.54) is 11.9 Å². The average Bonchev–Trinajstić information content (AvgIpc) is 2.94. The average molecular weight is 292 g/mol. The number of hydrogen-bond acceptors (Lipinski definition) is 5. The van der Waals surface area contributed by atoms with E-state index in [4.69, 9.17) is 0 Å². The lowest BCUT2D eigenvalue weighted by molar-refractivity contribution is -0.133. The first-order valence-corrected chi connectivity index (χ1v) is 6.53. The van der Waals surface area contributed by atoms with Crippen LogP contribution in [0, 0.1) is 33.5 Å². The highest BCUT2D eigenvalue weighted by Gasteiger charge is 3.03. The number of piperidine rings is 1. The van der Waals surface area contributed by atoms with Gasteiger partial charge >= 0.3 is 0 Å². The molecule has 0 unspecified atom stereocenters. The Kier molecular flexibility index (Phi) is 1.81. The molecule has 3 aliphatic rings.